The van der Waals surface area contributed by atoms with Gasteiger partial charge in [-0.15, -0.1) is 11.3 Å². The molecule has 0 spiro atoms. The predicted octanol–water partition coefficient (Wildman–Crippen LogP) is 3.05. The van der Waals surface area contributed by atoms with E-state index >= 15 is 0 Å². The van der Waals surface area contributed by atoms with Gasteiger partial charge in [-0.3, -0.25) is 4.99 Å². The van der Waals surface area contributed by atoms with Crippen molar-refractivity contribution in [2.24, 2.45) is 4.99 Å². The number of thiazole rings is 1. The summed E-state index contributed by atoms with van der Waals surface area (Å²) < 4.78 is 1.15. The Bertz CT molecular complexity index is 467. The Balaban J connectivity index is 1.68. The van der Waals surface area contributed by atoms with Gasteiger partial charge in [0, 0.05) is 55.6 Å². The molecular formula is C17H31N5S2. The Kier molecular flexibility index (Phi) is 8.91. The zero-order valence-corrected chi connectivity index (χ0v) is 16.8. The van der Waals surface area contributed by atoms with Crippen LogP contribution in [-0.4, -0.2) is 59.9 Å². The molecule has 2 N–H and O–H groups in total. The van der Waals surface area contributed by atoms with Gasteiger partial charge in [0.1, 0.15) is 4.34 Å². The third-order valence-electron chi connectivity index (χ3n) is 4.15. The topological polar surface area (TPSA) is 52.6 Å². The van der Waals surface area contributed by atoms with Crippen LogP contribution >= 0.6 is 23.1 Å². The standard InChI is InChI=1S/C17H31N5S2/c1-4-18-16(19-8-5-12-23-17-20-9-13-24-17)21-15-6-10-22(11-7-15)14(2)3/h9,13-15H,4-8,10-12H2,1-3H3,(H2,18,19,21). The summed E-state index contributed by atoms with van der Waals surface area (Å²) in [5.41, 5.74) is 0. The molecule has 24 heavy (non-hydrogen) atoms. The van der Waals surface area contributed by atoms with Crippen LogP contribution in [0, 0.1) is 0 Å². The molecule has 0 amide bonds. The molecule has 1 aromatic heterocycles. The van der Waals surface area contributed by atoms with Crippen molar-refractivity contribution in [3.63, 3.8) is 0 Å². The number of nitrogens with one attached hydrogen (secondary N) is 2. The Morgan fingerprint density at radius 3 is 2.88 bits per heavy atom. The quantitative estimate of drug-likeness (QED) is 0.319. The molecule has 1 aliphatic rings. The normalized spacial score (nSPS) is 17.4. The summed E-state index contributed by atoms with van der Waals surface area (Å²) in [7, 11) is 0. The zero-order valence-electron chi connectivity index (χ0n) is 15.1. The monoisotopic (exact) mass is 369 g/mol. The van der Waals surface area contributed by atoms with Gasteiger partial charge in [-0.2, -0.15) is 0 Å². The molecule has 1 fully saturated rings. The first-order chi connectivity index (χ1) is 11.7. The number of guanidine groups is 1. The second-order valence-corrected chi connectivity index (χ2v) is 8.55. The summed E-state index contributed by atoms with van der Waals surface area (Å²) >= 11 is 3.53. The highest BCUT2D eigenvalue weighted by molar-refractivity contribution is 8.00. The van der Waals surface area contributed by atoms with E-state index in [9.17, 15) is 0 Å². The van der Waals surface area contributed by atoms with Gasteiger partial charge < -0.3 is 15.5 Å². The molecule has 7 heteroatoms. The number of likely N-dealkylation sites (tertiary alicyclic amines) is 1. The number of hydrogen-bond acceptors (Lipinski definition) is 5. The summed E-state index contributed by atoms with van der Waals surface area (Å²) in [5, 5.41) is 9.02. The van der Waals surface area contributed by atoms with Crippen LogP contribution in [-0.2, 0) is 0 Å². The van der Waals surface area contributed by atoms with Gasteiger partial charge in [0.05, 0.1) is 0 Å². The molecule has 136 valence electrons. The number of nitrogens with zero attached hydrogens (tertiary/aromatic N) is 3. The SMILES string of the molecule is CCNC(=NCCCSc1nccs1)NC1CCN(C(C)C)CC1. The van der Waals surface area contributed by atoms with E-state index in [0.717, 1.165) is 35.6 Å². The van der Waals surface area contributed by atoms with Gasteiger partial charge in [-0.05, 0) is 40.0 Å². The van der Waals surface area contributed by atoms with Gasteiger partial charge in [0.2, 0.25) is 0 Å². The second-order valence-electron chi connectivity index (χ2n) is 6.31. The first-order valence-corrected chi connectivity index (χ1v) is 10.9. The van der Waals surface area contributed by atoms with Crippen molar-refractivity contribution in [1.29, 1.82) is 0 Å². The maximum absolute atomic E-state index is 4.73. The Morgan fingerprint density at radius 2 is 2.25 bits per heavy atom. The summed E-state index contributed by atoms with van der Waals surface area (Å²) in [4.78, 5) is 11.6. The van der Waals surface area contributed by atoms with E-state index < -0.39 is 0 Å². The van der Waals surface area contributed by atoms with Crippen molar-refractivity contribution in [1.82, 2.24) is 20.5 Å². The summed E-state index contributed by atoms with van der Waals surface area (Å²) in [6, 6.07) is 1.20. The number of hydrogen-bond donors (Lipinski definition) is 2. The average molecular weight is 370 g/mol. The van der Waals surface area contributed by atoms with Gasteiger partial charge in [0.15, 0.2) is 5.96 Å². The highest BCUT2D eigenvalue weighted by Crippen LogP contribution is 2.20. The molecule has 0 saturated carbocycles. The zero-order chi connectivity index (χ0) is 17.2. The van der Waals surface area contributed by atoms with E-state index in [1.165, 1.54) is 25.9 Å². The Labute approximate surface area is 154 Å². The average Bonchev–Trinajstić information content (AvgIpc) is 3.08. The molecule has 0 bridgehead atoms. The van der Waals surface area contributed by atoms with Crippen LogP contribution in [0.15, 0.2) is 20.9 Å². The number of piperidine rings is 1. The molecule has 1 saturated heterocycles. The van der Waals surface area contributed by atoms with Crippen molar-refractivity contribution >= 4 is 29.1 Å². The van der Waals surface area contributed by atoms with Crippen LogP contribution in [0.1, 0.15) is 40.0 Å². The summed E-state index contributed by atoms with van der Waals surface area (Å²) in [6.07, 6.45) is 5.33. The van der Waals surface area contributed by atoms with E-state index in [1.807, 2.05) is 23.3 Å². The van der Waals surface area contributed by atoms with E-state index in [2.05, 4.69) is 41.3 Å². The van der Waals surface area contributed by atoms with Gasteiger partial charge in [-0.25, -0.2) is 4.98 Å². The smallest absolute Gasteiger partial charge is 0.191 e. The number of aliphatic imine (C=N–C) groups is 1. The minimum Gasteiger partial charge on any atom is -0.357 e. The third kappa shape index (κ3) is 6.99. The number of thioether (sulfide) groups is 1. The third-order valence-corrected chi connectivity index (χ3v) is 6.20. The second kappa shape index (κ2) is 10.9. The van der Waals surface area contributed by atoms with Crippen LogP contribution < -0.4 is 10.6 Å². The van der Waals surface area contributed by atoms with Crippen molar-refractivity contribution < 1.29 is 0 Å². The lowest BCUT2D eigenvalue weighted by molar-refractivity contribution is 0.167. The lowest BCUT2D eigenvalue weighted by atomic mass is 10.0. The summed E-state index contributed by atoms with van der Waals surface area (Å²) in [5.74, 6) is 2.04. The molecule has 0 aromatic carbocycles. The maximum atomic E-state index is 4.73. The predicted molar refractivity (Wildman–Crippen MR) is 106 cm³/mol. The van der Waals surface area contributed by atoms with Crippen LogP contribution in [0.4, 0.5) is 0 Å². The number of rotatable bonds is 8. The molecule has 1 aromatic rings. The molecule has 2 rings (SSSR count). The highest BCUT2D eigenvalue weighted by atomic mass is 32.2. The Hall–Kier alpha value is -0.790. The van der Waals surface area contributed by atoms with Gasteiger partial charge in [-0.1, -0.05) is 11.8 Å². The fourth-order valence-corrected chi connectivity index (χ4v) is 4.40. The summed E-state index contributed by atoms with van der Waals surface area (Å²) in [6.45, 7) is 10.8. The van der Waals surface area contributed by atoms with Crippen LogP contribution in [0.25, 0.3) is 0 Å². The molecule has 0 unspecified atom stereocenters. The van der Waals surface area contributed by atoms with E-state index in [1.54, 1.807) is 11.3 Å². The van der Waals surface area contributed by atoms with E-state index in [0.29, 0.717) is 12.1 Å². The Morgan fingerprint density at radius 1 is 1.46 bits per heavy atom. The molecule has 0 aliphatic carbocycles. The largest absolute Gasteiger partial charge is 0.357 e. The lowest BCUT2D eigenvalue weighted by Crippen LogP contribution is -2.49. The van der Waals surface area contributed by atoms with Crippen molar-refractivity contribution in [2.75, 3.05) is 31.9 Å². The molecule has 1 aliphatic heterocycles. The first-order valence-electron chi connectivity index (χ1n) is 9.00. The molecule has 0 radical (unpaired) electrons. The molecule has 2 heterocycles. The fraction of sp³-hybridized carbons (Fsp3) is 0.765. The van der Waals surface area contributed by atoms with Crippen LogP contribution in [0.3, 0.4) is 0 Å². The minimum atomic E-state index is 0.544. The molecule has 0 atom stereocenters. The van der Waals surface area contributed by atoms with Crippen molar-refractivity contribution in [3.8, 4) is 0 Å². The van der Waals surface area contributed by atoms with Crippen LogP contribution in [0.2, 0.25) is 0 Å². The van der Waals surface area contributed by atoms with Crippen molar-refractivity contribution in [2.45, 2.75) is 56.5 Å². The fourth-order valence-electron chi connectivity index (χ4n) is 2.77. The first kappa shape index (κ1) is 19.5. The van der Waals surface area contributed by atoms with Crippen molar-refractivity contribution in [3.05, 3.63) is 11.6 Å². The van der Waals surface area contributed by atoms with E-state index in [-0.39, 0.29) is 0 Å². The highest BCUT2D eigenvalue weighted by Gasteiger charge is 2.21. The molecule has 5 nitrogen and oxygen atoms in total. The van der Waals surface area contributed by atoms with Gasteiger partial charge >= 0.3 is 0 Å². The minimum absolute atomic E-state index is 0.544. The van der Waals surface area contributed by atoms with E-state index in [4.69, 9.17) is 4.99 Å². The molecular weight excluding hydrogens is 338 g/mol. The maximum Gasteiger partial charge on any atom is 0.191 e. The lowest BCUT2D eigenvalue weighted by Gasteiger charge is -2.35. The van der Waals surface area contributed by atoms with Crippen LogP contribution in [0.5, 0.6) is 0 Å². The van der Waals surface area contributed by atoms with Gasteiger partial charge in [0.25, 0.3) is 0 Å². The number of aromatic nitrogens is 1.